The number of hydrogen-bond donors (Lipinski definition) is 1. The van der Waals surface area contributed by atoms with E-state index < -0.39 is 0 Å². The number of rotatable bonds is 6. The summed E-state index contributed by atoms with van der Waals surface area (Å²) in [5, 5.41) is 4.96. The maximum absolute atomic E-state index is 3.58. The molecule has 1 aromatic heterocycles. The normalized spacial score (nSPS) is 11.3. The van der Waals surface area contributed by atoms with Crippen LogP contribution >= 0.6 is 27.3 Å². The second-order valence-electron chi connectivity index (χ2n) is 4.57. The van der Waals surface area contributed by atoms with Crippen molar-refractivity contribution in [1.29, 1.82) is 0 Å². The van der Waals surface area contributed by atoms with Crippen molar-refractivity contribution in [3.63, 3.8) is 0 Å². The average molecular weight is 326 g/mol. The molecule has 1 heterocycles. The molecule has 2 rings (SSSR count). The van der Waals surface area contributed by atoms with Gasteiger partial charge in [-0.25, -0.2) is 0 Å². The lowest BCUT2D eigenvalue weighted by Gasteiger charge is -2.04. The minimum Gasteiger partial charge on any atom is -0.312 e. The van der Waals surface area contributed by atoms with Crippen LogP contribution in [0.4, 0.5) is 0 Å². The van der Waals surface area contributed by atoms with E-state index in [4.69, 9.17) is 0 Å². The molecule has 0 aliphatic rings. The highest BCUT2D eigenvalue weighted by atomic mass is 79.9. The molecule has 0 saturated carbocycles. The molecule has 1 N–H and O–H groups in total. The van der Waals surface area contributed by atoms with Gasteiger partial charge < -0.3 is 5.32 Å². The lowest BCUT2D eigenvalue weighted by Crippen LogP contribution is -2.13. The Morgan fingerprint density at radius 3 is 2.78 bits per heavy atom. The zero-order chi connectivity index (χ0) is 13.0. The summed E-state index contributed by atoms with van der Waals surface area (Å²) in [6, 6.07) is 6.63. The van der Waals surface area contributed by atoms with Crippen molar-refractivity contribution in [2.24, 2.45) is 0 Å². The van der Waals surface area contributed by atoms with E-state index in [-0.39, 0.29) is 0 Å². The molecule has 1 nitrogen and oxygen atoms in total. The van der Waals surface area contributed by atoms with Crippen molar-refractivity contribution >= 4 is 37.4 Å². The van der Waals surface area contributed by atoms with Gasteiger partial charge in [0.2, 0.25) is 0 Å². The third-order valence-electron chi connectivity index (χ3n) is 3.05. The lowest BCUT2D eigenvalue weighted by molar-refractivity contribution is 0.677. The van der Waals surface area contributed by atoms with E-state index >= 15 is 0 Å². The Labute approximate surface area is 122 Å². The maximum atomic E-state index is 3.58. The summed E-state index contributed by atoms with van der Waals surface area (Å²) in [5.41, 5.74) is 1.54. The first kappa shape index (κ1) is 14.0. The van der Waals surface area contributed by atoms with Gasteiger partial charge in [-0.15, -0.1) is 11.3 Å². The first-order valence-electron chi connectivity index (χ1n) is 6.66. The zero-order valence-electron chi connectivity index (χ0n) is 11.1. The Kier molecular flexibility index (Phi) is 5.22. The molecule has 0 saturated heterocycles. The molecular formula is C15H20BrNS. The number of fused-ring (bicyclic) bond motifs is 1. The minimum absolute atomic E-state index is 1.01. The number of nitrogens with one attached hydrogen (secondary N) is 1. The molecule has 2 aromatic rings. The van der Waals surface area contributed by atoms with E-state index in [2.05, 4.69) is 53.3 Å². The number of aryl methyl sites for hydroxylation is 1. The van der Waals surface area contributed by atoms with Gasteiger partial charge in [0, 0.05) is 20.6 Å². The predicted octanol–water partition coefficient (Wildman–Crippen LogP) is 5.12. The van der Waals surface area contributed by atoms with Crippen LogP contribution in [0.1, 0.15) is 37.1 Å². The zero-order valence-corrected chi connectivity index (χ0v) is 13.5. The van der Waals surface area contributed by atoms with E-state index in [0.29, 0.717) is 0 Å². The molecule has 18 heavy (non-hydrogen) atoms. The molecule has 3 heteroatoms. The summed E-state index contributed by atoms with van der Waals surface area (Å²) >= 11 is 5.52. The summed E-state index contributed by atoms with van der Waals surface area (Å²) in [6.07, 6.45) is 3.58. The van der Waals surface area contributed by atoms with Crippen LogP contribution in [0.3, 0.4) is 0 Å². The van der Waals surface area contributed by atoms with Crippen LogP contribution < -0.4 is 5.32 Å². The van der Waals surface area contributed by atoms with Crippen LogP contribution in [0.25, 0.3) is 10.1 Å². The van der Waals surface area contributed by atoms with Crippen LogP contribution in [0.15, 0.2) is 22.7 Å². The summed E-state index contributed by atoms with van der Waals surface area (Å²) in [7, 11) is 0. The SMILES string of the molecule is CCCNCc1sc2ccc(Br)cc2c1CCC. The molecule has 0 bridgehead atoms. The number of hydrogen-bond acceptors (Lipinski definition) is 2. The van der Waals surface area contributed by atoms with Crippen LogP contribution in [0.5, 0.6) is 0 Å². The van der Waals surface area contributed by atoms with Crippen molar-refractivity contribution in [2.75, 3.05) is 6.54 Å². The van der Waals surface area contributed by atoms with Gasteiger partial charge in [-0.1, -0.05) is 36.2 Å². The maximum Gasteiger partial charge on any atom is 0.0349 e. The minimum atomic E-state index is 1.01. The predicted molar refractivity (Wildman–Crippen MR) is 85.5 cm³/mol. The summed E-state index contributed by atoms with van der Waals surface area (Å²) in [6.45, 7) is 6.58. The van der Waals surface area contributed by atoms with E-state index in [1.165, 1.54) is 38.7 Å². The molecule has 0 atom stereocenters. The Bertz CT molecular complexity index is 518. The summed E-state index contributed by atoms with van der Waals surface area (Å²) in [4.78, 5) is 1.51. The van der Waals surface area contributed by atoms with Gasteiger partial charge in [-0.05, 0) is 48.5 Å². The second kappa shape index (κ2) is 6.69. The molecule has 0 radical (unpaired) electrons. The summed E-state index contributed by atoms with van der Waals surface area (Å²) < 4.78 is 2.59. The highest BCUT2D eigenvalue weighted by molar-refractivity contribution is 9.10. The molecule has 0 unspecified atom stereocenters. The van der Waals surface area contributed by atoms with Crippen LogP contribution in [0.2, 0.25) is 0 Å². The number of benzene rings is 1. The molecule has 1 aromatic carbocycles. The van der Waals surface area contributed by atoms with E-state index in [9.17, 15) is 0 Å². The lowest BCUT2D eigenvalue weighted by atomic mass is 10.1. The van der Waals surface area contributed by atoms with Crippen molar-refractivity contribution in [3.05, 3.63) is 33.1 Å². The van der Waals surface area contributed by atoms with Crippen molar-refractivity contribution < 1.29 is 0 Å². The van der Waals surface area contributed by atoms with Gasteiger partial charge in [-0.2, -0.15) is 0 Å². The molecule has 98 valence electrons. The van der Waals surface area contributed by atoms with Crippen LogP contribution in [-0.2, 0) is 13.0 Å². The largest absolute Gasteiger partial charge is 0.312 e. The van der Waals surface area contributed by atoms with E-state index in [1.54, 1.807) is 5.56 Å². The van der Waals surface area contributed by atoms with Gasteiger partial charge in [0.1, 0.15) is 0 Å². The fourth-order valence-corrected chi connectivity index (χ4v) is 3.78. The molecule has 0 fully saturated rings. The third-order valence-corrected chi connectivity index (χ3v) is 4.76. The van der Waals surface area contributed by atoms with Gasteiger partial charge in [0.15, 0.2) is 0 Å². The van der Waals surface area contributed by atoms with Crippen LogP contribution in [-0.4, -0.2) is 6.54 Å². The Balaban J connectivity index is 2.35. The highest BCUT2D eigenvalue weighted by Crippen LogP contribution is 2.34. The molecule has 0 aliphatic carbocycles. The highest BCUT2D eigenvalue weighted by Gasteiger charge is 2.11. The Hall–Kier alpha value is -0.380. The monoisotopic (exact) mass is 325 g/mol. The van der Waals surface area contributed by atoms with Crippen molar-refractivity contribution in [2.45, 2.75) is 39.7 Å². The van der Waals surface area contributed by atoms with E-state index in [1.807, 2.05) is 11.3 Å². The van der Waals surface area contributed by atoms with Gasteiger partial charge in [0.25, 0.3) is 0 Å². The van der Waals surface area contributed by atoms with Gasteiger partial charge in [-0.3, -0.25) is 0 Å². The molecule has 0 spiro atoms. The fraction of sp³-hybridized carbons (Fsp3) is 0.467. The topological polar surface area (TPSA) is 12.0 Å². The first-order valence-corrected chi connectivity index (χ1v) is 8.27. The molecular weight excluding hydrogens is 306 g/mol. The summed E-state index contributed by atoms with van der Waals surface area (Å²) in [5.74, 6) is 0. The van der Waals surface area contributed by atoms with Gasteiger partial charge >= 0.3 is 0 Å². The van der Waals surface area contributed by atoms with Crippen LogP contribution in [0, 0.1) is 0 Å². The quantitative estimate of drug-likeness (QED) is 0.727. The Morgan fingerprint density at radius 2 is 2.06 bits per heavy atom. The first-order chi connectivity index (χ1) is 8.76. The second-order valence-corrected chi connectivity index (χ2v) is 6.62. The molecule has 0 aliphatic heterocycles. The van der Waals surface area contributed by atoms with E-state index in [0.717, 1.165) is 13.1 Å². The Morgan fingerprint density at radius 1 is 1.22 bits per heavy atom. The average Bonchev–Trinajstić information content (AvgIpc) is 2.68. The van der Waals surface area contributed by atoms with Crippen molar-refractivity contribution in [1.82, 2.24) is 5.32 Å². The fourth-order valence-electron chi connectivity index (χ4n) is 2.22. The smallest absolute Gasteiger partial charge is 0.0349 e. The number of halogens is 1. The third kappa shape index (κ3) is 3.14. The molecule has 0 amide bonds. The standard InChI is InChI=1S/C15H20BrNS/c1-3-5-12-13-9-11(16)6-7-14(13)18-15(12)10-17-8-4-2/h6-7,9,17H,3-5,8,10H2,1-2H3. The van der Waals surface area contributed by atoms with Crippen molar-refractivity contribution in [3.8, 4) is 0 Å². The van der Waals surface area contributed by atoms with Gasteiger partial charge in [0.05, 0.1) is 0 Å². The number of thiophene rings is 1.